The van der Waals surface area contributed by atoms with E-state index in [1.807, 2.05) is 19.2 Å². The molecule has 0 amide bonds. The average molecular weight is 414 g/mol. The summed E-state index contributed by atoms with van der Waals surface area (Å²) in [6, 6.07) is 14.9. The summed E-state index contributed by atoms with van der Waals surface area (Å²) in [6.45, 7) is 4.78. The third kappa shape index (κ3) is 3.88. The fourth-order valence-electron chi connectivity index (χ4n) is 3.45. The fourth-order valence-corrected chi connectivity index (χ4v) is 4.24. The van der Waals surface area contributed by atoms with Gasteiger partial charge in [0.1, 0.15) is 0 Å². The molecule has 0 aliphatic rings. The van der Waals surface area contributed by atoms with Crippen LogP contribution in [0.2, 0.25) is 0 Å². The molecule has 4 rings (SSSR count). The van der Waals surface area contributed by atoms with Crippen LogP contribution in [0.3, 0.4) is 0 Å². The summed E-state index contributed by atoms with van der Waals surface area (Å²) in [6.07, 6.45) is 5.83. The lowest BCUT2D eigenvalue weighted by molar-refractivity contribution is 0.0697. The van der Waals surface area contributed by atoms with E-state index >= 15 is 0 Å². The molecule has 0 aliphatic heterocycles. The van der Waals surface area contributed by atoms with Crippen LogP contribution < -0.4 is 0 Å². The number of thiazole rings is 1. The molecule has 2 aromatic carbocycles. The molecule has 0 atom stereocenters. The van der Waals surface area contributed by atoms with E-state index in [-0.39, 0.29) is 5.56 Å². The van der Waals surface area contributed by atoms with Gasteiger partial charge in [-0.2, -0.15) is 5.26 Å². The van der Waals surface area contributed by atoms with Crippen LogP contribution in [0.5, 0.6) is 0 Å². The molecule has 2 heterocycles. The van der Waals surface area contributed by atoms with Crippen molar-refractivity contribution >= 4 is 39.9 Å². The monoisotopic (exact) mass is 413 g/mol. The number of aryl methyl sites for hydroxylation is 2. The van der Waals surface area contributed by atoms with Gasteiger partial charge >= 0.3 is 5.97 Å². The molecule has 4 aromatic rings. The van der Waals surface area contributed by atoms with Gasteiger partial charge in [-0.15, -0.1) is 11.3 Å². The maximum atomic E-state index is 11.1. The van der Waals surface area contributed by atoms with Crippen molar-refractivity contribution in [2.75, 3.05) is 0 Å². The predicted molar refractivity (Wildman–Crippen MR) is 120 cm³/mol. The Kier molecular flexibility index (Phi) is 5.21. The second kappa shape index (κ2) is 7.97. The number of aromatic nitrogens is 2. The number of carboxylic acid groups (broad SMARTS) is 1. The molecule has 1 N–H and O–H groups in total. The summed E-state index contributed by atoms with van der Waals surface area (Å²) in [5.41, 5.74) is 4.59. The predicted octanol–water partition coefficient (Wildman–Crippen LogP) is 5.53. The van der Waals surface area contributed by atoms with Crippen LogP contribution in [0.4, 0.5) is 0 Å². The first-order valence-corrected chi connectivity index (χ1v) is 10.2. The molecule has 0 aliphatic carbocycles. The smallest absolute Gasteiger partial charge is 0.335 e. The molecule has 0 bridgehead atoms. The molecule has 6 heteroatoms. The molecular weight excluding hydrogens is 394 g/mol. The Hall–Kier alpha value is -3.69. The minimum absolute atomic E-state index is 0.197. The molecule has 0 unspecified atom stereocenters. The SMILES string of the molecule is Cc1ccc2c(/C=C(\C#N)c3ccc(C(=O)O)cc3)cn(Cc3cnc(C)s3)c2c1. The average Bonchev–Trinajstić information content (AvgIpc) is 3.29. The summed E-state index contributed by atoms with van der Waals surface area (Å²) in [5, 5.41) is 20.9. The maximum Gasteiger partial charge on any atom is 0.335 e. The lowest BCUT2D eigenvalue weighted by atomic mass is 10.0. The molecule has 0 fully saturated rings. The van der Waals surface area contributed by atoms with Crippen molar-refractivity contribution < 1.29 is 9.90 Å². The lowest BCUT2D eigenvalue weighted by Gasteiger charge is -2.03. The number of allylic oxidation sites excluding steroid dienone is 1. The van der Waals surface area contributed by atoms with Crippen molar-refractivity contribution in [3.63, 3.8) is 0 Å². The number of nitrogens with zero attached hydrogens (tertiary/aromatic N) is 3. The van der Waals surface area contributed by atoms with Gasteiger partial charge in [0.05, 0.1) is 28.8 Å². The normalized spacial score (nSPS) is 11.6. The standard InChI is InChI=1S/C24H19N3O2S/c1-15-3-8-22-20(10-19(11-25)17-4-6-18(7-5-17)24(28)29)13-27(23(22)9-15)14-21-12-26-16(2)30-21/h3-10,12-13H,14H2,1-2H3,(H,28,29)/b19-10+. The first-order chi connectivity index (χ1) is 14.4. The van der Waals surface area contributed by atoms with E-state index in [0.717, 1.165) is 21.5 Å². The number of carboxylic acids is 1. The van der Waals surface area contributed by atoms with Gasteiger partial charge in [0.15, 0.2) is 0 Å². The van der Waals surface area contributed by atoms with Gasteiger partial charge in [-0.3, -0.25) is 0 Å². The van der Waals surface area contributed by atoms with Gasteiger partial charge in [0.25, 0.3) is 0 Å². The van der Waals surface area contributed by atoms with E-state index in [9.17, 15) is 10.1 Å². The van der Waals surface area contributed by atoms with Gasteiger partial charge in [0, 0.05) is 33.7 Å². The summed E-state index contributed by atoms with van der Waals surface area (Å²) >= 11 is 1.68. The number of fused-ring (bicyclic) bond motifs is 1. The zero-order chi connectivity index (χ0) is 21.3. The topological polar surface area (TPSA) is 78.9 Å². The van der Waals surface area contributed by atoms with Crippen molar-refractivity contribution in [2.45, 2.75) is 20.4 Å². The Labute approximate surface area is 178 Å². The number of hydrogen-bond donors (Lipinski definition) is 1. The highest BCUT2D eigenvalue weighted by Crippen LogP contribution is 2.28. The Morgan fingerprint density at radius 1 is 1.20 bits per heavy atom. The van der Waals surface area contributed by atoms with Crippen LogP contribution >= 0.6 is 11.3 Å². The van der Waals surface area contributed by atoms with Crippen LogP contribution in [0.15, 0.2) is 54.9 Å². The number of aromatic carboxylic acids is 1. The molecule has 0 radical (unpaired) electrons. The number of hydrogen-bond acceptors (Lipinski definition) is 4. The Bertz CT molecular complexity index is 1320. The van der Waals surface area contributed by atoms with Crippen molar-refractivity contribution in [1.29, 1.82) is 5.26 Å². The van der Waals surface area contributed by atoms with E-state index in [1.54, 1.807) is 23.5 Å². The third-order valence-corrected chi connectivity index (χ3v) is 5.82. The van der Waals surface area contributed by atoms with Crippen LogP contribution in [0, 0.1) is 25.2 Å². The van der Waals surface area contributed by atoms with Gasteiger partial charge in [-0.25, -0.2) is 9.78 Å². The summed E-state index contributed by atoms with van der Waals surface area (Å²) in [4.78, 5) is 16.6. The summed E-state index contributed by atoms with van der Waals surface area (Å²) < 4.78 is 2.18. The van der Waals surface area contributed by atoms with Gasteiger partial charge < -0.3 is 9.67 Å². The van der Waals surface area contributed by atoms with E-state index < -0.39 is 5.97 Å². The second-order valence-corrected chi connectivity index (χ2v) is 8.45. The fraction of sp³-hybridized carbons (Fsp3) is 0.125. The van der Waals surface area contributed by atoms with Gasteiger partial charge in [-0.05, 0) is 49.2 Å². The highest BCUT2D eigenvalue weighted by Gasteiger charge is 2.11. The molecule has 30 heavy (non-hydrogen) atoms. The highest BCUT2D eigenvalue weighted by atomic mass is 32.1. The minimum atomic E-state index is -0.985. The molecular formula is C24H19N3O2S. The molecule has 2 aromatic heterocycles. The largest absolute Gasteiger partial charge is 0.478 e. The van der Waals surface area contributed by atoms with Crippen molar-refractivity contribution in [3.8, 4) is 6.07 Å². The van der Waals surface area contributed by atoms with Crippen LogP contribution in [0.25, 0.3) is 22.6 Å². The molecule has 0 saturated carbocycles. The lowest BCUT2D eigenvalue weighted by Crippen LogP contribution is -1.96. The van der Waals surface area contributed by atoms with Crippen molar-refractivity contribution in [3.05, 3.63) is 87.0 Å². The summed E-state index contributed by atoms with van der Waals surface area (Å²) in [5.74, 6) is -0.985. The van der Waals surface area contributed by atoms with Gasteiger partial charge in [0.2, 0.25) is 0 Å². The first-order valence-electron chi connectivity index (χ1n) is 9.41. The highest BCUT2D eigenvalue weighted by molar-refractivity contribution is 7.11. The minimum Gasteiger partial charge on any atom is -0.478 e. The maximum absolute atomic E-state index is 11.1. The van der Waals surface area contributed by atoms with E-state index in [0.29, 0.717) is 17.7 Å². The zero-order valence-corrected chi connectivity index (χ0v) is 17.4. The number of nitriles is 1. The Balaban J connectivity index is 1.79. The molecule has 0 saturated heterocycles. The van der Waals surface area contributed by atoms with Crippen molar-refractivity contribution in [1.82, 2.24) is 9.55 Å². The van der Waals surface area contributed by atoms with Crippen molar-refractivity contribution in [2.24, 2.45) is 0 Å². The molecule has 148 valence electrons. The van der Waals surface area contributed by atoms with Gasteiger partial charge in [-0.1, -0.05) is 24.3 Å². The van der Waals surface area contributed by atoms with Crippen LogP contribution in [-0.2, 0) is 6.54 Å². The number of rotatable bonds is 5. The first kappa shape index (κ1) is 19.6. The van der Waals surface area contributed by atoms with Crippen LogP contribution in [-0.4, -0.2) is 20.6 Å². The van der Waals surface area contributed by atoms with Crippen LogP contribution in [0.1, 0.15) is 36.9 Å². The number of benzene rings is 2. The third-order valence-electron chi connectivity index (χ3n) is 4.93. The number of carbonyl (C=O) groups is 1. The quantitative estimate of drug-likeness (QED) is 0.437. The summed E-state index contributed by atoms with van der Waals surface area (Å²) in [7, 11) is 0. The van der Waals surface area contributed by atoms with E-state index in [2.05, 4.69) is 46.9 Å². The molecule has 5 nitrogen and oxygen atoms in total. The second-order valence-electron chi connectivity index (χ2n) is 7.13. The Morgan fingerprint density at radius 3 is 2.57 bits per heavy atom. The molecule has 0 spiro atoms. The zero-order valence-electron chi connectivity index (χ0n) is 16.6. The van der Waals surface area contributed by atoms with E-state index in [1.165, 1.54) is 22.6 Å². The van der Waals surface area contributed by atoms with E-state index in [4.69, 9.17) is 5.11 Å². The Morgan fingerprint density at radius 2 is 1.93 bits per heavy atom.